The van der Waals surface area contributed by atoms with E-state index < -0.39 is 18.5 Å². The topological polar surface area (TPSA) is 0 Å². The average Bonchev–Trinajstić information content (AvgIpc) is 2.83. The zero-order valence-electron chi connectivity index (χ0n) is 21.5. The first kappa shape index (κ1) is 25.9. The molecule has 192 valence electrons. The molecule has 0 spiro atoms. The van der Waals surface area contributed by atoms with E-state index >= 15 is 8.78 Å². The highest BCUT2D eigenvalue weighted by Crippen LogP contribution is 2.49. The van der Waals surface area contributed by atoms with E-state index in [2.05, 4.69) is 6.92 Å². The van der Waals surface area contributed by atoms with E-state index in [0.717, 1.165) is 63.2 Å². The lowest BCUT2D eigenvalue weighted by atomic mass is 9.63. The van der Waals surface area contributed by atoms with Crippen molar-refractivity contribution >= 4 is 0 Å². The summed E-state index contributed by atoms with van der Waals surface area (Å²) in [5.74, 6) is 3.13. The lowest BCUT2D eigenvalue weighted by Crippen LogP contribution is -2.45. The van der Waals surface area contributed by atoms with Gasteiger partial charge < -0.3 is 0 Å². The lowest BCUT2D eigenvalue weighted by molar-refractivity contribution is -0.0372. The van der Waals surface area contributed by atoms with Crippen LogP contribution in [-0.4, -0.2) is 18.5 Å². The largest absolute Gasteiger partial charge is 0.247 e. The Morgan fingerprint density at radius 1 is 0.545 bits per heavy atom. The van der Waals surface area contributed by atoms with Crippen molar-refractivity contribution in [3.05, 3.63) is 0 Å². The third-order valence-corrected chi connectivity index (χ3v) is 10.8. The van der Waals surface area contributed by atoms with E-state index in [-0.39, 0.29) is 17.8 Å². The van der Waals surface area contributed by atoms with Gasteiger partial charge in [0.15, 0.2) is 0 Å². The van der Waals surface area contributed by atoms with Gasteiger partial charge in [0.05, 0.1) is 0 Å². The molecule has 3 heteroatoms. The number of rotatable bonds is 7. The van der Waals surface area contributed by atoms with Crippen LogP contribution in [0.1, 0.15) is 123 Å². The number of hydrogen-bond acceptors (Lipinski definition) is 0. The van der Waals surface area contributed by atoms with Gasteiger partial charge in [-0.2, -0.15) is 0 Å². The fourth-order valence-electron chi connectivity index (χ4n) is 8.47. The Kier molecular flexibility index (Phi) is 9.53. The summed E-state index contributed by atoms with van der Waals surface area (Å²) in [6, 6.07) is 0. The molecule has 0 aromatic rings. The second kappa shape index (κ2) is 12.2. The quantitative estimate of drug-likeness (QED) is 0.349. The summed E-state index contributed by atoms with van der Waals surface area (Å²) in [7, 11) is 0. The molecule has 7 atom stereocenters. The molecule has 0 aromatic heterocycles. The molecule has 0 saturated heterocycles. The van der Waals surface area contributed by atoms with Crippen LogP contribution >= 0.6 is 0 Å². The maximum absolute atomic E-state index is 15.4. The van der Waals surface area contributed by atoms with Crippen LogP contribution in [-0.2, 0) is 0 Å². The van der Waals surface area contributed by atoms with Crippen LogP contribution in [0.4, 0.5) is 13.2 Å². The minimum absolute atomic E-state index is 0.0206. The summed E-state index contributed by atoms with van der Waals surface area (Å²) in [5, 5.41) is 0. The van der Waals surface area contributed by atoms with Gasteiger partial charge in [-0.15, -0.1) is 0 Å². The zero-order chi connectivity index (χ0) is 23.4. The second-order valence-corrected chi connectivity index (χ2v) is 12.9. The summed E-state index contributed by atoms with van der Waals surface area (Å²) in [5.41, 5.74) is 0. The van der Waals surface area contributed by atoms with Crippen LogP contribution in [0.25, 0.3) is 0 Å². The van der Waals surface area contributed by atoms with E-state index in [0.29, 0.717) is 17.8 Å². The molecule has 4 fully saturated rings. The molecule has 0 aliphatic heterocycles. The summed E-state index contributed by atoms with van der Waals surface area (Å²) in [6.07, 6.45) is 16.0. The van der Waals surface area contributed by atoms with Crippen LogP contribution in [0, 0.1) is 47.3 Å². The van der Waals surface area contributed by atoms with E-state index in [4.69, 9.17) is 0 Å². The molecule has 4 rings (SSSR count). The molecule has 33 heavy (non-hydrogen) atoms. The molecule has 0 bridgehead atoms. The lowest BCUT2D eigenvalue weighted by Gasteiger charge is -2.45. The fourth-order valence-corrected chi connectivity index (χ4v) is 8.47. The van der Waals surface area contributed by atoms with Crippen molar-refractivity contribution in [2.24, 2.45) is 47.3 Å². The predicted octanol–water partition coefficient (Wildman–Crippen LogP) is 9.66. The Bertz CT molecular complexity index is 563. The van der Waals surface area contributed by atoms with Gasteiger partial charge in [0.1, 0.15) is 18.5 Å². The third kappa shape index (κ3) is 6.52. The highest BCUT2D eigenvalue weighted by Gasteiger charge is 2.46. The minimum atomic E-state index is -1.23. The SMILES string of the molecule is CCCC1CCC(C2CCC(C3CCC(CCC4CCC(C)C(F)C4)CC3)C(F)C2F)CC1. The van der Waals surface area contributed by atoms with Crippen molar-refractivity contribution < 1.29 is 13.2 Å². The molecule has 0 nitrogen and oxygen atoms in total. The van der Waals surface area contributed by atoms with Crippen LogP contribution in [0.3, 0.4) is 0 Å². The number of alkyl halides is 3. The van der Waals surface area contributed by atoms with Crippen molar-refractivity contribution in [1.29, 1.82) is 0 Å². The van der Waals surface area contributed by atoms with Crippen molar-refractivity contribution in [2.45, 2.75) is 142 Å². The Hall–Kier alpha value is -0.210. The van der Waals surface area contributed by atoms with E-state index in [9.17, 15) is 4.39 Å². The van der Waals surface area contributed by atoms with Crippen LogP contribution in [0.2, 0.25) is 0 Å². The van der Waals surface area contributed by atoms with Crippen LogP contribution in [0.5, 0.6) is 0 Å². The molecule has 4 saturated carbocycles. The van der Waals surface area contributed by atoms with E-state index in [1.165, 1.54) is 57.8 Å². The molecule has 0 heterocycles. The molecule has 0 radical (unpaired) electrons. The van der Waals surface area contributed by atoms with Gasteiger partial charge in [-0.05, 0) is 105 Å². The molecule has 4 aliphatic carbocycles. The molecule has 7 unspecified atom stereocenters. The highest BCUT2D eigenvalue weighted by atomic mass is 19.2. The molecule has 0 amide bonds. The monoisotopic (exact) mass is 468 g/mol. The Morgan fingerprint density at radius 3 is 1.48 bits per heavy atom. The number of hydrogen-bond donors (Lipinski definition) is 0. The Balaban J connectivity index is 1.18. The molecule has 0 N–H and O–H groups in total. The first-order chi connectivity index (χ1) is 16.0. The van der Waals surface area contributed by atoms with Gasteiger partial charge in [-0.1, -0.05) is 65.2 Å². The van der Waals surface area contributed by atoms with Crippen molar-refractivity contribution in [3.63, 3.8) is 0 Å². The van der Waals surface area contributed by atoms with Gasteiger partial charge in [-0.3, -0.25) is 0 Å². The smallest absolute Gasteiger partial charge is 0.134 e. The zero-order valence-corrected chi connectivity index (χ0v) is 21.5. The highest BCUT2D eigenvalue weighted by molar-refractivity contribution is 4.95. The first-order valence-electron chi connectivity index (χ1n) is 14.9. The minimum Gasteiger partial charge on any atom is -0.247 e. The average molecular weight is 469 g/mol. The van der Waals surface area contributed by atoms with Gasteiger partial charge in [0, 0.05) is 0 Å². The third-order valence-electron chi connectivity index (χ3n) is 10.8. The van der Waals surface area contributed by atoms with Crippen LogP contribution < -0.4 is 0 Å². The van der Waals surface area contributed by atoms with E-state index in [1.807, 2.05) is 6.92 Å². The maximum Gasteiger partial charge on any atom is 0.134 e. The van der Waals surface area contributed by atoms with Gasteiger partial charge in [0.25, 0.3) is 0 Å². The molecule has 4 aliphatic rings. The number of halogens is 3. The van der Waals surface area contributed by atoms with Crippen molar-refractivity contribution in [1.82, 2.24) is 0 Å². The second-order valence-electron chi connectivity index (χ2n) is 12.9. The first-order valence-corrected chi connectivity index (χ1v) is 14.9. The molecular formula is C30H51F3. The maximum atomic E-state index is 15.4. The summed E-state index contributed by atoms with van der Waals surface area (Å²) in [4.78, 5) is 0. The molecule has 0 aromatic carbocycles. The predicted molar refractivity (Wildman–Crippen MR) is 132 cm³/mol. The Labute approximate surface area is 202 Å². The summed E-state index contributed by atoms with van der Waals surface area (Å²) >= 11 is 0. The van der Waals surface area contributed by atoms with Gasteiger partial charge in [-0.25, -0.2) is 13.2 Å². The van der Waals surface area contributed by atoms with Gasteiger partial charge in [0.2, 0.25) is 0 Å². The Morgan fingerprint density at radius 2 is 1.00 bits per heavy atom. The van der Waals surface area contributed by atoms with Crippen LogP contribution in [0.15, 0.2) is 0 Å². The summed E-state index contributed by atoms with van der Waals surface area (Å²) in [6.45, 7) is 4.30. The molecular weight excluding hydrogens is 417 g/mol. The van der Waals surface area contributed by atoms with Gasteiger partial charge >= 0.3 is 0 Å². The summed E-state index contributed by atoms with van der Waals surface area (Å²) < 4.78 is 44.8. The fraction of sp³-hybridized carbons (Fsp3) is 1.00. The van der Waals surface area contributed by atoms with Crippen molar-refractivity contribution in [3.8, 4) is 0 Å². The normalized spacial score (nSPS) is 47.4. The van der Waals surface area contributed by atoms with E-state index in [1.54, 1.807) is 0 Å². The standard InChI is InChI=1S/C30H51F3/c1-3-4-21-9-13-24(14-10-21)26-17-18-27(30(33)29(26)32)25-15-11-22(12-16-25)7-8-23-6-5-20(2)28(31)19-23/h20-30H,3-19H2,1-2H3. The van der Waals surface area contributed by atoms with Crippen molar-refractivity contribution in [2.75, 3.05) is 0 Å².